The van der Waals surface area contributed by atoms with Gasteiger partial charge in [-0.25, -0.2) is 0 Å². The summed E-state index contributed by atoms with van der Waals surface area (Å²) < 4.78 is 12.8. The average molecular weight is 430 g/mol. The lowest BCUT2D eigenvalue weighted by molar-refractivity contribution is -0.0799. The van der Waals surface area contributed by atoms with Gasteiger partial charge in [0.25, 0.3) is 0 Å². The molecule has 3 unspecified atom stereocenters. The fourth-order valence-electron chi connectivity index (χ4n) is 5.37. The van der Waals surface area contributed by atoms with Crippen molar-refractivity contribution in [2.75, 3.05) is 24.6 Å². The van der Waals surface area contributed by atoms with Gasteiger partial charge in [0, 0.05) is 31.3 Å². The van der Waals surface area contributed by atoms with Crippen LogP contribution in [0.15, 0.2) is 18.2 Å². The van der Waals surface area contributed by atoms with Gasteiger partial charge in [0.2, 0.25) is 0 Å². The summed E-state index contributed by atoms with van der Waals surface area (Å²) in [6, 6.07) is 7.21. The van der Waals surface area contributed by atoms with Gasteiger partial charge in [-0.3, -0.25) is 0 Å². The van der Waals surface area contributed by atoms with Crippen molar-refractivity contribution in [1.29, 1.82) is 0 Å². The number of ether oxygens (including phenoxy) is 2. The van der Waals surface area contributed by atoms with Crippen LogP contribution in [0.1, 0.15) is 115 Å². The smallest absolute Gasteiger partial charge is 0.0723 e. The predicted molar refractivity (Wildman–Crippen MR) is 132 cm³/mol. The maximum absolute atomic E-state index is 6.48. The van der Waals surface area contributed by atoms with Gasteiger partial charge in [0.1, 0.15) is 0 Å². The van der Waals surface area contributed by atoms with Gasteiger partial charge >= 0.3 is 0 Å². The minimum absolute atomic E-state index is 0.318. The van der Waals surface area contributed by atoms with Crippen molar-refractivity contribution in [3.05, 3.63) is 29.3 Å². The summed E-state index contributed by atoms with van der Waals surface area (Å²) in [4.78, 5) is 2.65. The summed E-state index contributed by atoms with van der Waals surface area (Å²) in [6.07, 6.45) is 15.7. The number of fused-ring (bicyclic) bond motifs is 3. The number of unbranched alkanes of at least 4 members (excludes halogenated alkanes) is 6. The van der Waals surface area contributed by atoms with Gasteiger partial charge in [-0.05, 0) is 61.8 Å². The summed E-state index contributed by atoms with van der Waals surface area (Å²) in [5.41, 5.74) is 4.32. The molecular formula is C28H47NO2. The van der Waals surface area contributed by atoms with Crippen molar-refractivity contribution >= 4 is 5.69 Å². The van der Waals surface area contributed by atoms with E-state index < -0.39 is 0 Å². The molecule has 3 heteroatoms. The van der Waals surface area contributed by atoms with Crippen LogP contribution in [-0.4, -0.2) is 31.9 Å². The molecule has 0 aromatic heterocycles. The quantitative estimate of drug-likeness (QED) is 0.284. The second-order valence-electron chi connectivity index (χ2n) is 9.71. The lowest BCUT2D eigenvalue weighted by Gasteiger charge is -2.42. The summed E-state index contributed by atoms with van der Waals surface area (Å²) in [5.74, 6) is 0.409. The zero-order chi connectivity index (χ0) is 21.9. The standard InChI is InChI=1S/C28H47NO2/c1-4-7-10-18-29(19-11-8-5-2)24-17-16-23-22-31-27-15-13-14-26(28(27)25(23)21-24)30-20-12-9-6-3/h16-17,21,26-28H,4-15,18-20,22H2,1-3H3. The third-order valence-corrected chi connectivity index (χ3v) is 7.23. The first-order valence-electron chi connectivity index (χ1n) is 13.4. The average Bonchev–Trinajstić information content (AvgIpc) is 2.80. The SMILES string of the molecule is CCCCCOC1CCCC2OCc3ccc(N(CCCCC)CCCCC)cc3C12. The summed E-state index contributed by atoms with van der Waals surface area (Å²) in [5, 5.41) is 0. The Morgan fingerprint density at radius 3 is 2.32 bits per heavy atom. The van der Waals surface area contributed by atoms with Gasteiger partial charge in [-0.2, -0.15) is 0 Å². The van der Waals surface area contributed by atoms with Crippen LogP contribution >= 0.6 is 0 Å². The molecule has 1 heterocycles. The number of benzene rings is 1. The fourth-order valence-corrected chi connectivity index (χ4v) is 5.37. The van der Waals surface area contributed by atoms with Crippen molar-refractivity contribution in [3.8, 4) is 0 Å². The van der Waals surface area contributed by atoms with E-state index in [0.29, 0.717) is 18.1 Å². The van der Waals surface area contributed by atoms with Gasteiger partial charge in [-0.15, -0.1) is 0 Å². The molecule has 0 radical (unpaired) electrons. The molecule has 1 saturated carbocycles. The molecule has 3 atom stereocenters. The molecule has 31 heavy (non-hydrogen) atoms. The Hall–Kier alpha value is -1.06. The first-order valence-corrected chi connectivity index (χ1v) is 13.4. The van der Waals surface area contributed by atoms with E-state index in [1.165, 1.54) is 107 Å². The van der Waals surface area contributed by atoms with Gasteiger partial charge < -0.3 is 14.4 Å². The molecule has 0 N–H and O–H groups in total. The van der Waals surface area contributed by atoms with Crippen LogP contribution in [-0.2, 0) is 16.1 Å². The van der Waals surface area contributed by atoms with E-state index in [9.17, 15) is 0 Å². The third-order valence-electron chi connectivity index (χ3n) is 7.23. The summed E-state index contributed by atoms with van der Waals surface area (Å²) >= 11 is 0. The monoisotopic (exact) mass is 429 g/mol. The van der Waals surface area contributed by atoms with Crippen LogP contribution in [0.5, 0.6) is 0 Å². The van der Waals surface area contributed by atoms with E-state index in [0.717, 1.165) is 13.2 Å². The van der Waals surface area contributed by atoms with Crippen LogP contribution < -0.4 is 4.90 Å². The Labute approximate surface area is 191 Å². The zero-order valence-corrected chi connectivity index (χ0v) is 20.5. The Bertz CT molecular complexity index is 621. The second-order valence-corrected chi connectivity index (χ2v) is 9.71. The molecule has 0 bridgehead atoms. The molecule has 0 saturated heterocycles. The molecule has 3 rings (SSSR count). The summed E-state index contributed by atoms with van der Waals surface area (Å²) in [7, 11) is 0. The first-order chi connectivity index (χ1) is 15.3. The molecule has 0 amide bonds. The number of hydrogen-bond donors (Lipinski definition) is 0. The van der Waals surface area contributed by atoms with Crippen molar-refractivity contribution < 1.29 is 9.47 Å². The van der Waals surface area contributed by atoms with E-state index in [1.807, 2.05) is 0 Å². The molecule has 2 aliphatic rings. The highest BCUT2D eigenvalue weighted by atomic mass is 16.5. The highest BCUT2D eigenvalue weighted by Gasteiger charge is 2.39. The van der Waals surface area contributed by atoms with E-state index in [2.05, 4.69) is 43.9 Å². The number of rotatable bonds is 14. The van der Waals surface area contributed by atoms with Crippen LogP contribution in [0.3, 0.4) is 0 Å². The van der Waals surface area contributed by atoms with E-state index in [1.54, 1.807) is 0 Å². The maximum atomic E-state index is 6.48. The number of nitrogens with zero attached hydrogens (tertiary/aromatic N) is 1. The highest BCUT2D eigenvalue weighted by Crippen LogP contribution is 2.43. The zero-order valence-electron chi connectivity index (χ0n) is 20.5. The minimum atomic E-state index is 0.318. The first kappa shape index (κ1) is 24.6. The van der Waals surface area contributed by atoms with Crippen LogP contribution in [0.4, 0.5) is 5.69 Å². The van der Waals surface area contributed by atoms with Gasteiger partial charge in [0.05, 0.1) is 18.8 Å². The van der Waals surface area contributed by atoms with Gasteiger partial charge in [-0.1, -0.05) is 65.4 Å². The van der Waals surface area contributed by atoms with E-state index in [4.69, 9.17) is 9.47 Å². The Kier molecular flexibility index (Phi) is 10.7. The molecule has 176 valence electrons. The maximum Gasteiger partial charge on any atom is 0.0723 e. The molecule has 1 fully saturated rings. The van der Waals surface area contributed by atoms with Crippen molar-refractivity contribution in [3.63, 3.8) is 0 Å². The van der Waals surface area contributed by atoms with Crippen LogP contribution in [0, 0.1) is 0 Å². The van der Waals surface area contributed by atoms with Crippen molar-refractivity contribution in [1.82, 2.24) is 0 Å². The fraction of sp³-hybridized carbons (Fsp3) is 0.786. The number of hydrogen-bond acceptors (Lipinski definition) is 3. The summed E-state index contributed by atoms with van der Waals surface area (Å²) in [6.45, 7) is 10.9. The predicted octanol–water partition coefficient (Wildman–Crippen LogP) is 7.62. The topological polar surface area (TPSA) is 21.7 Å². The Balaban J connectivity index is 1.77. The second kappa shape index (κ2) is 13.5. The molecule has 1 aromatic rings. The highest BCUT2D eigenvalue weighted by molar-refractivity contribution is 5.53. The third kappa shape index (κ3) is 6.96. The number of anilines is 1. The molecular weight excluding hydrogens is 382 g/mol. The van der Waals surface area contributed by atoms with E-state index >= 15 is 0 Å². The molecule has 0 spiro atoms. The normalized spacial score (nSPS) is 22.7. The minimum Gasteiger partial charge on any atom is -0.377 e. The Morgan fingerprint density at radius 2 is 1.61 bits per heavy atom. The van der Waals surface area contributed by atoms with Gasteiger partial charge in [0.15, 0.2) is 0 Å². The van der Waals surface area contributed by atoms with Crippen LogP contribution in [0.2, 0.25) is 0 Å². The Morgan fingerprint density at radius 1 is 0.903 bits per heavy atom. The lowest BCUT2D eigenvalue weighted by atomic mass is 9.76. The lowest BCUT2D eigenvalue weighted by Crippen LogP contribution is -2.41. The van der Waals surface area contributed by atoms with Crippen molar-refractivity contribution in [2.45, 2.75) is 123 Å². The molecule has 1 aromatic carbocycles. The molecule has 1 aliphatic carbocycles. The molecule has 1 aliphatic heterocycles. The largest absolute Gasteiger partial charge is 0.377 e. The van der Waals surface area contributed by atoms with Crippen LogP contribution in [0.25, 0.3) is 0 Å². The molecule has 3 nitrogen and oxygen atoms in total. The van der Waals surface area contributed by atoms with E-state index in [-0.39, 0.29) is 0 Å². The van der Waals surface area contributed by atoms with Crippen molar-refractivity contribution in [2.24, 2.45) is 0 Å².